The summed E-state index contributed by atoms with van der Waals surface area (Å²) in [7, 11) is 0. The Morgan fingerprint density at radius 3 is 2.71 bits per heavy atom. The van der Waals surface area contributed by atoms with E-state index >= 15 is 0 Å². The van der Waals surface area contributed by atoms with Crippen LogP contribution >= 0.6 is 0 Å². The van der Waals surface area contributed by atoms with E-state index in [0.29, 0.717) is 12.6 Å². The molecular formula is C13H24N2O2. The van der Waals surface area contributed by atoms with E-state index in [4.69, 9.17) is 4.74 Å². The first kappa shape index (κ1) is 12.8. The zero-order chi connectivity index (χ0) is 12.5. The van der Waals surface area contributed by atoms with E-state index in [-0.39, 0.29) is 17.7 Å². The lowest BCUT2D eigenvalue weighted by molar-refractivity contribution is -0.141. The van der Waals surface area contributed by atoms with Crippen molar-refractivity contribution >= 4 is 5.91 Å². The quantitative estimate of drug-likeness (QED) is 0.813. The van der Waals surface area contributed by atoms with Crippen LogP contribution in [0.1, 0.15) is 46.5 Å². The van der Waals surface area contributed by atoms with Crippen LogP contribution in [0.15, 0.2) is 0 Å². The van der Waals surface area contributed by atoms with Gasteiger partial charge in [-0.2, -0.15) is 0 Å². The summed E-state index contributed by atoms with van der Waals surface area (Å²) in [5.41, 5.74) is -0.00843. The van der Waals surface area contributed by atoms with Crippen molar-refractivity contribution in [1.82, 2.24) is 10.2 Å². The van der Waals surface area contributed by atoms with Crippen LogP contribution in [0, 0.1) is 0 Å². The zero-order valence-corrected chi connectivity index (χ0v) is 11.2. The molecule has 2 rings (SSSR count). The van der Waals surface area contributed by atoms with E-state index in [1.54, 1.807) is 0 Å². The number of hydrogen-bond donors (Lipinski definition) is 1. The summed E-state index contributed by atoms with van der Waals surface area (Å²) < 4.78 is 5.97. The fraction of sp³-hybridized carbons (Fsp3) is 0.923. The number of carbonyl (C=O) groups is 1. The zero-order valence-electron chi connectivity index (χ0n) is 11.2. The van der Waals surface area contributed by atoms with Gasteiger partial charge in [0.2, 0.25) is 5.91 Å². The monoisotopic (exact) mass is 240 g/mol. The molecule has 2 aliphatic rings. The molecule has 0 bridgehead atoms. The topological polar surface area (TPSA) is 41.6 Å². The molecule has 4 nitrogen and oxygen atoms in total. The third kappa shape index (κ3) is 2.33. The van der Waals surface area contributed by atoms with Gasteiger partial charge in [-0.1, -0.05) is 13.8 Å². The largest absolute Gasteiger partial charge is 0.375 e. The van der Waals surface area contributed by atoms with Crippen LogP contribution in [0.5, 0.6) is 0 Å². The Labute approximate surface area is 104 Å². The molecule has 0 aromatic carbocycles. The van der Waals surface area contributed by atoms with Gasteiger partial charge in [0.05, 0.1) is 18.3 Å². The summed E-state index contributed by atoms with van der Waals surface area (Å²) in [6.45, 7) is 7.70. The van der Waals surface area contributed by atoms with Crippen molar-refractivity contribution in [3.8, 4) is 0 Å². The lowest BCUT2D eigenvalue weighted by Gasteiger charge is -2.44. The minimum atomic E-state index is -0.00843. The van der Waals surface area contributed by atoms with Gasteiger partial charge >= 0.3 is 0 Å². The van der Waals surface area contributed by atoms with Crippen LogP contribution in [0.3, 0.4) is 0 Å². The van der Waals surface area contributed by atoms with Gasteiger partial charge in [-0.25, -0.2) is 0 Å². The maximum Gasteiger partial charge on any atom is 0.238 e. The second-order valence-corrected chi connectivity index (χ2v) is 5.24. The Morgan fingerprint density at radius 2 is 2.18 bits per heavy atom. The molecule has 0 aromatic rings. The van der Waals surface area contributed by atoms with Crippen LogP contribution < -0.4 is 5.32 Å². The van der Waals surface area contributed by atoms with Crippen molar-refractivity contribution in [1.29, 1.82) is 0 Å². The predicted molar refractivity (Wildman–Crippen MR) is 66.6 cm³/mol. The lowest BCUT2D eigenvalue weighted by Crippen LogP contribution is -2.51. The van der Waals surface area contributed by atoms with Gasteiger partial charge in [0.15, 0.2) is 0 Å². The molecule has 17 heavy (non-hydrogen) atoms. The summed E-state index contributed by atoms with van der Waals surface area (Å²) >= 11 is 0. The van der Waals surface area contributed by atoms with Gasteiger partial charge in [0, 0.05) is 12.6 Å². The minimum Gasteiger partial charge on any atom is -0.375 e. The molecule has 2 fully saturated rings. The van der Waals surface area contributed by atoms with Crippen LogP contribution in [-0.2, 0) is 9.53 Å². The number of ether oxygens (including phenoxy) is 1. The highest BCUT2D eigenvalue weighted by atomic mass is 16.5. The predicted octanol–water partition coefficient (Wildman–Crippen LogP) is 1.50. The lowest BCUT2D eigenvalue weighted by atomic mass is 9.85. The average molecular weight is 240 g/mol. The van der Waals surface area contributed by atoms with Crippen molar-refractivity contribution < 1.29 is 9.53 Å². The van der Waals surface area contributed by atoms with Crippen molar-refractivity contribution in [2.75, 3.05) is 13.2 Å². The smallest absolute Gasteiger partial charge is 0.238 e. The highest BCUT2D eigenvalue weighted by molar-refractivity contribution is 5.80. The molecule has 0 radical (unpaired) electrons. The molecule has 4 heteroatoms. The first-order valence-corrected chi connectivity index (χ1v) is 6.80. The third-order valence-electron chi connectivity index (χ3n) is 4.40. The average Bonchev–Trinajstić information content (AvgIpc) is 2.69. The third-order valence-corrected chi connectivity index (χ3v) is 4.40. The number of hydrogen-bond acceptors (Lipinski definition) is 3. The van der Waals surface area contributed by atoms with Gasteiger partial charge < -0.3 is 9.64 Å². The molecule has 0 aliphatic carbocycles. The number of nitrogens with zero attached hydrogens (tertiary/aromatic N) is 1. The maximum absolute atomic E-state index is 11.9. The molecule has 2 atom stereocenters. The highest BCUT2D eigenvalue weighted by Crippen LogP contribution is 2.34. The van der Waals surface area contributed by atoms with E-state index in [0.717, 1.165) is 32.3 Å². The van der Waals surface area contributed by atoms with Gasteiger partial charge in [-0.15, -0.1) is 0 Å². The first-order valence-electron chi connectivity index (χ1n) is 6.80. The van der Waals surface area contributed by atoms with Crippen molar-refractivity contribution in [2.45, 2.75) is 64.3 Å². The van der Waals surface area contributed by atoms with E-state index in [9.17, 15) is 4.79 Å². The molecule has 98 valence electrons. The summed E-state index contributed by atoms with van der Waals surface area (Å²) in [6, 6.07) is 0.348. The summed E-state index contributed by atoms with van der Waals surface area (Å²) in [5.74, 6) is 0.241. The molecule has 0 aromatic heterocycles. The van der Waals surface area contributed by atoms with Crippen molar-refractivity contribution in [2.24, 2.45) is 0 Å². The molecule has 1 amide bonds. The Hall–Kier alpha value is -0.610. The molecule has 2 heterocycles. The Kier molecular flexibility index (Phi) is 3.73. The number of nitrogens with one attached hydrogen (secondary N) is 1. The van der Waals surface area contributed by atoms with E-state index in [2.05, 4.69) is 26.1 Å². The summed E-state index contributed by atoms with van der Waals surface area (Å²) in [5, 5.41) is 3.22. The van der Waals surface area contributed by atoms with Gasteiger partial charge in [-0.3, -0.25) is 10.1 Å². The summed E-state index contributed by atoms with van der Waals surface area (Å²) in [6.07, 6.45) is 4.20. The van der Waals surface area contributed by atoms with Crippen LogP contribution in [-0.4, -0.2) is 41.8 Å². The number of amides is 1. The van der Waals surface area contributed by atoms with Crippen LogP contribution in [0.25, 0.3) is 0 Å². The number of carbonyl (C=O) groups excluding carboxylic acids is 1. The SMILES string of the molecule is CCC1(CC)CC(N2C(=O)CNC2C)CCO1. The highest BCUT2D eigenvalue weighted by Gasteiger charge is 2.41. The molecule has 0 spiro atoms. The first-order chi connectivity index (χ1) is 8.12. The normalized spacial score (nSPS) is 33.1. The van der Waals surface area contributed by atoms with E-state index in [1.165, 1.54) is 0 Å². The molecular weight excluding hydrogens is 216 g/mol. The fourth-order valence-corrected chi connectivity index (χ4v) is 3.14. The van der Waals surface area contributed by atoms with Crippen LogP contribution in [0.4, 0.5) is 0 Å². The minimum absolute atomic E-state index is 0.00843. The van der Waals surface area contributed by atoms with Crippen molar-refractivity contribution in [3.63, 3.8) is 0 Å². The Morgan fingerprint density at radius 1 is 1.47 bits per heavy atom. The Bertz CT molecular complexity index is 289. The Balaban J connectivity index is 2.09. The molecule has 2 saturated heterocycles. The van der Waals surface area contributed by atoms with Crippen LogP contribution in [0.2, 0.25) is 0 Å². The second-order valence-electron chi connectivity index (χ2n) is 5.24. The van der Waals surface area contributed by atoms with Gasteiger partial charge in [-0.05, 0) is 32.6 Å². The molecule has 1 N–H and O–H groups in total. The summed E-state index contributed by atoms with van der Waals surface area (Å²) in [4.78, 5) is 13.9. The standard InChI is InChI=1S/C13H24N2O2/c1-4-13(5-2)8-11(6-7-17-13)15-10(3)14-9-12(15)16/h10-11,14H,4-9H2,1-3H3. The molecule has 0 saturated carbocycles. The van der Waals surface area contributed by atoms with Crippen molar-refractivity contribution in [3.05, 3.63) is 0 Å². The maximum atomic E-state index is 11.9. The molecule has 2 unspecified atom stereocenters. The fourth-order valence-electron chi connectivity index (χ4n) is 3.14. The second kappa shape index (κ2) is 4.94. The van der Waals surface area contributed by atoms with E-state index in [1.807, 2.05) is 4.90 Å². The number of rotatable bonds is 3. The van der Waals surface area contributed by atoms with Gasteiger partial charge in [0.1, 0.15) is 0 Å². The van der Waals surface area contributed by atoms with Gasteiger partial charge in [0.25, 0.3) is 0 Å². The molecule has 2 aliphatic heterocycles. The van der Waals surface area contributed by atoms with E-state index < -0.39 is 0 Å².